The zero-order chi connectivity index (χ0) is 31.6. The summed E-state index contributed by atoms with van der Waals surface area (Å²) in [7, 11) is 0. The molecule has 8 aromatic carbocycles. The molecule has 2 heterocycles. The molecule has 0 bridgehead atoms. The normalized spacial score (nSPS) is 12.2. The average molecular weight is 631 g/mol. The highest BCUT2D eigenvalue weighted by Gasteiger charge is 2.19. The van der Waals surface area contributed by atoms with Crippen LogP contribution in [0.1, 0.15) is 0 Å². The topological polar surface area (TPSA) is 35.0 Å². The molecule has 224 valence electrons. The Morgan fingerprint density at radius 1 is 0.438 bits per heavy atom. The zero-order valence-electron chi connectivity index (χ0n) is 25.7. The van der Waals surface area contributed by atoms with Crippen molar-refractivity contribution in [3.8, 4) is 44.9 Å². The van der Waals surface area contributed by atoms with Gasteiger partial charge < -0.3 is 4.74 Å². The van der Waals surface area contributed by atoms with E-state index in [9.17, 15) is 0 Å². The van der Waals surface area contributed by atoms with Crippen molar-refractivity contribution < 1.29 is 4.74 Å². The van der Waals surface area contributed by atoms with E-state index in [0.717, 1.165) is 60.0 Å². The van der Waals surface area contributed by atoms with Crippen LogP contribution in [-0.4, -0.2) is 9.97 Å². The molecule has 1 aromatic heterocycles. The third kappa shape index (κ3) is 4.38. The molecule has 0 fully saturated rings. The fourth-order valence-corrected chi connectivity index (χ4v) is 8.09. The van der Waals surface area contributed by atoms with Gasteiger partial charge in [-0.1, -0.05) is 109 Å². The standard InChI is InChI=1S/C44H26N2OS/c1-2-11-36-34(9-1)35-10-3-4-12-37(35)39-23-27(16-18-38(36)39)30-20-31(22-32(21-30)33-13-7-8-29-25-45-26-46-44(29)33)28-17-19-43-41(24-28)47-40-14-5-6-15-42(40)48-43/h1-26H. The number of hydrogen-bond acceptors (Lipinski definition) is 4. The van der Waals surface area contributed by atoms with Gasteiger partial charge >= 0.3 is 0 Å². The Kier molecular flexibility index (Phi) is 6.11. The maximum Gasteiger partial charge on any atom is 0.142 e. The molecule has 1 aliphatic rings. The van der Waals surface area contributed by atoms with Gasteiger partial charge in [0.25, 0.3) is 0 Å². The predicted octanol–water partition coefficient (Wildman–Crippen LogP) is 12.3. The molecule has 48 heavy (non-hydrogen) atoms. The summed E-state index contributed by atoms with van der Waals surface area (Å²) in [5.41, 5.74) is 7.65. The Morgan fingerprint density at radius 3 is 1.85 bits per heavy atom. The molecule has 0 atom stereocenters. The van der Waals surface area contributed by atoms with E-state index in [4.69, 9.17) is 9.72 Å². The molecule has 10 rings (SSSR count). The van der Waals surface area contributed by atoms with Gasteiger partial charge in [-0.2, -0.15) is 0 Å². The first-order valence-corrected chi connectivity index (χ1v) is 16.9. The lowest BCUT2D eigenvalue weighted by Gasteiger charge is -2.20. The monoisotopic (exact) mass is 630 g/mol. The summed E-state index contributed by atoms with van der Waals surface area (Å²) in [6.07, 6.45) is 3.51. The van der Waals surface area contributed by atoms with Crippen molar-refractivity contribution in [3.05, 3.63) is 158 Å². The van der Waals surface area contributed by atoms with Gasteiger partial charge in [0.2, 0.25) is 0 Å². The van der Waals surface area contributed by atoms with Gasteiger partial charge in [-0.3, -0.25) is 0 Å². The molecule has 0 radical (unpaired) electrons. The van der Waals surface area contributed by atoms with E-state index in [1.54, 1.807) is 18.1 Å². The first-order valence-electron chi connectivity index (χ1n) is 16.0. The summed E-state index contributed by atoms with van der Waals surface area (Å²) < 4.78 is 6.41. The molecule has 3 nitrogen and oxygen atoms in total. The van der Waals surface area contributed by atoms with Crippen molar-refractivity contribution in [2.45, 2.75) is 9.79 Å². The van der Waals surface area contributed by atoms with Gasteiger partial charge in [0.05, 0.1) is 15.3 Å². The lowest BCUT2D eigenvalue weighted by Crippen LogP contribution is -1.95. The van der Waals surface area contributed by atoms with Crippen LogP contribution in [0, 0.1) is 0 Å². The number of benzene rings is 8. The van der Waals surface area contributed by atoms with Crippen molar-refractivity contribution in [3.63, 3.8) is 0 Å². The fourth-order valence-electron chi connectivity index (χ4n) is 7.16. The van der Waals surface area contributed by atoms with Crippen LogP contribution in [-0.2, 0) is 0 Å². The van der Waals surface area contributed by atoms with Gasteiger partial charge in [0.1, 0.15) is 17.8 Å². The van der Waals surface area contributed by atoms with Crippen LogP contribution in [0.2, 0.25) is 0 Å². The van der Waals surface area contributed by atoms with Crippen LogP contribution < -0.4 is 4.74 Å². The van der Waals surface area contributed by atoms with E-state index in [1.165, 1.54) is 37.9 Å². The molecule has 0 unspecified atom stereocenters. The smallest absolute Gasteiger partial charge is 0.142 e. The second-order valence-corrected chi connectivity index (χ2v) is 13.3. The first-order chi connectivity index (χ1) is 23.8. The second kappa shape index (κ2) is 10.8. The molecular formula is C44H26N2OS. The van der Waals surface area contributed by atoms with Gasteiger partial charge in [0, 0.05) is 17.1 Å². The van der Waals surface area contributed by atoms with Crippen LogP contribution in [0.15, 0.2) is 168 Å². The Labute approximate surface area is 281 Å². The molecule has 9 aromatic rings. The zero-order valence-corrected chi connectivity index (χ0v) is 26.5. The Bertz CT molecular complexity index is 2710. The van der Waals surface area contributed by atoms with Crippen molar-refractivity contribution in [1.29, 1.82) is 0 Å². The quantitative estimate of drug-likeness (QED) is 0.182. The summed E-state index contributed by atoms with van der Waals surface area (Å²) >= 11 is 1.75. The maximum atomic E-state index is 6.41. The molecule has 0 amide bonds. The minimum atomic E-state index is 0.880. The van der Waals surface area contributed by atoms with E-state index in [1.807, 2.05) is 18.3 Å². The number of fused-ring (bicyclic) bond motifs is 9. The summed E-state index contributed by atoms with van der Waals surface area (Å²) in [6, 6.07) is 52.4. The maximum absolute atomic E-state index is 6.41. The molecule has 0 saturated heterocycles. The van der Waals surface area contributed by atoms with E-state index in [-0.39, 0.29) is 0 Å². The van der Waals surface area contributed by atoms with Crippen molar-refractivity contribution in [2.75, 3.05) is 0 Å². The predicted molar refractivity (Wildman–Crippen MR) is 199 cm³/mol. The van der Waals surface area contributed by atoms with Crippen LogP contribution in [0.4, 0.5) is 0 Å². The fraction of sp³-hybridized carbons (Fsp3) is 0. The van der Waals surface area contributed by atoms with Crippen molar-refractivity contribution in [1.82, 2.24) is 9.97 Å². The SMILES string of the molecule is c1ccc2c(c1)Oc1cc(-c3cc(-c4ccc5c6ccccc6c6ccccc6c5c4)cc(-c4cccc5cncnc45)c3)ccc1S2. The van der Waals surface area contributed by atoms with Gasteiger partial charge in [-0.25, -0.2) is 9.97 Å². The van der Waals surface area contributed by atoms with Crippen LogP contribution in [0.25, 0.3) is 76.6 Å². The highest BCUT2D eigenvalue weighted by molar-refractivity contribution is 7.99. The van der Waals surface area contributed by atoms with Crippen molar-refractivity contribution >= 4 is 55.0 Å². The number of nitrogens with zero attached hydrogens (tertiary/aromatic N) is 2. The van der Waals surface area contributed by atoms with Gasteiger partial charge in [-0.05, 0) is 109 Å². The average Bonchev–Trinajstić information content (AvgIpc) is 3.16. The lowest BCUT2D eigenvalue weighted by molar-refractivity contribution is 0.455. The van der Waals surface area contributed by atoms with Crippen molar-refractivity contribution in [2.24, 2.45) is 0 Å². The molecule has 0 aliphatic carbocycles. The third-order valence-electron chi connectivity index (χ3n) is 9.42. The van der Waals surface area contributed by atoms with Crippen LogP contribution in [0.3, 0.4) is 0 Å². The molecule has 0 N–H and O–H groups in total. The Balaban J connectivity index is 1.20. The summed E-state index contributed by atoms with van der Waals surface area (Å²) in [4.78, 5) is 11.2. The van der Waals surface area contributed by atoms with E-state index < -0.39 is 0 Å². The highest BCUT2D eigenvalue weighted by atomic mass is 32.2. The van der Waals surface area contributed by atoms with Crippen LogP contribution >= 0.6 is 11.8 Å². The molecule has 4 heteroatoms. The molecule has 0 saturated carbocycles. The number of aromatic nitrogens is 2. The number of hydrogen-bond donors (Lipinski definition) is 0. The summed E-state index contributed by atoms with van der Waals surface area (Å²) in [5.74, 6) is 1.78. The summed E-state index contributed by atoms with van der Waals surface area (Å²) in [6.45, 7) is 0. The van der Waals surface area contributed by atoms with E-state index >= 15 is 0 Å². The highest BCUT2D eigenvalue weighted by Crippen LogP contribution is 2.48. The minimum absolute atomic E-state index is 0.880. The molecular weight excluding hydrogens is 605 g/mol. The Hall–Kier alpha value is -5.97. The van der Waals surface area contributed by atoms with Gasteiger partial charge in [0.15, 0.2) is 0 Å². The molecule has 0 spiro atoms. The van der Waals surface area contributed by atoms with E-state index in [0.29, 0.717) is 0 Å². The number of para-hydroxylation sites is 2. The molecule has 1 aliphatic heterocycles. The first kappa shape index (κ1) is 27.2. The Morgan fingerprint density at radius 2 is 1.06 bits per heavy atom. The number of ether oxygens (including phenoxy) is 1. The van der Waals surface area contributed by atoms with E-state index in [2.05, 4.69) is 138 Å². The van der Waals surface area contributed by atoms with Crippen LogP contribution in [0.5, 0.6) is 11.5 Å². The third-order valence-corrected chi connectivity index (χ3v) is 10.5. The second-order valence-electron chi connectivity index (χ2n) is 12.2. The summed E-state index contributed by atoms with van der Waals surface area (Å²) in [5, 5.41) is 8.63. The lowest BCUT2D eigenvalue weighted by atomic mass is 9.89. The number of rotatable bonds is 3. The largest absolute Gasteiger partial charge is 0.455 e. The van der Waals surface area contributed by atoms with Gasteiger partial charge in [-0.15, -0.1) is 0 Å². The minimum Gasteiger partial charge on any atom is -0.455 e.